The van der Waals surface area contributed by atoms with Gasteiger partial charge in [0.15, 0.2) is 0 Å². The van der Waals surface area contributed by atoms with E-state index in [9.17, 15) is 9.59 Å². The van der Waals surface area contributed by atoms with E-state index >= 15 is 0 Å². The fraction of sp³-hybridized carbons (Fsp3) is 0.444. The fourth-order valence-electron chi connectivity index (χ4n) is 1.22. The lowest BCUT2D eigenvalue weighted by Crippen LogP contribution is -2.49. The van der Waals surface area contributed by atoms with E-state index in [-0.39, 0.29) is 11.8 Å². The van der Waals surface area contributed by atoms with E-state index in [4.69, 9.17) is 5.73 Å². The van der Waals surface area contributed by atoms with Crippen LogP contribution in [0.5, 0.6) is 0 Å². The highest BCUT2D eigenvalue weighted by atomic mass is 16.2. The Morgan fingerprint density at radius 3 is 2.62 bits per heavy atom. The second kappa shape index (κ2) is 5.15. The summed E-state index contributed by atoms with van der Waals surface area (Å²) in [5.74, 6) is 0.0791. The Bertz CT molecular complexity index is 360. The zero-order valence-corrected chi connectivity index (χ0v) is 9.15. The van der Waals surface area contributed by atoms with E-state index in [1.54, 1.807) is 6.07 Å². The van der Waals surface area contributed by atoms with Gasteiger partial charge in [-0.2, -0.15) is 5.10 Å². The van der Waals surface area contributed by atoms with Crippen LogP contribution in [0.1, 0.15) is 13.8 Å². The first-order valence-electron chi connectivity index (χ1n) is 4.87. The van der Waals surface area contributed by atoms with Crippen molar-refractivity contribution in [3.63, 3.8) is 0 Å². The second-order valence-corrected chi connectivity index (χ2v) is 3.69. The molecule has 0 aliphatic carbocycles. The molecule has 0 aliphatic heterocycles. The number of urea groups is 1. The van der Waals surface area contributed by atoms with Crippen LogP contribution in [0.4, 0.5) is 10.6 Å². The molecule has 0 aliphatic rings. The van der Waals surface area contributed by atoms with Crippen LogP contribution in [-0.2, 0) is 4.79 Å². The molecule has 1 aromatic heterocycles. The van der Waals surface area contributed by atoms with Crippen LogP contribution >= 0.6 is 0 Å². The Balaban J connectivity index is 2.64. The van der Waals surface area contributed by atoms with Crippen LogP contribution in [0.25, 0.3) is 0 Å². The van der Waals surface area contributed by atoms with Crippen LogP contribution in [0, 0.1) is 5.92 Å². The van der Waals surface area contributed by atoms with Crippen LogP contribution in [0.3, 0.4) is 0 Å². The topological polar surface area (TPSA) is 113 Å². The Labute approximate surface area is 92.8 Å². The minimum atomic E-state index is -0.724. The van der Waals surface area contributed by atoms with Crippen molar-refractivity contribution in [1.29, 1.82) is 0 Å². The quantitative estimate of drug-likeness (QED) is 0.580. The lowest BCUT2D eigenvalue weighted by Gasteiger charge is -2.19. The highest BCUT2D eigenvalue weighted by Crippen LogP contribution is 2.06. The highest BCUT2D eigenvalue weighted by Gasteiger charge is 2.23. The summed E-state index contributed by atoms with van der Waals surface area (Å²) >= 11 is 0. The highest BCUT2D eigenvalue weighted by molar-refractivity contribution is 5.96. The van der Waals surface area contributed by atoms with Gasteiger partial charge in [-0.25, -0.2) is 4.79 Å². The van der Waals surface area contributed by atoms with Gasteiger partial charge in [0.05, 0.1) is 6.20 Å². The third kappa shape index (κ3) is 3.26. The molecule has 0 spiro atoms. The van der Waals surface area contributed by atoms with Crippen molar-refractivity contribution < 1.29 is 9.59 Å². The number of H-pyrrole nitrogens is 1. The van der Waals surface area contributed by atoms with Gasteiger partial charge < -0.3 is 16.4 Å². The number of carbonyl (C=O) groups is 2. The Kier molecular flexibility index (Phi) is 3.87. The SMILES string of the molecule is CC(C)C(NC(N)=O)C(=O)Nc1ccn[nH]1. The van der Waals surface area contributed by atoms with Crippen LogP contribution in [-0.4, -0.2) is 28.2 Å². The molecular weight excluding hydrogens is 210 g/mol. The number of rotatable bonds is 4. The molecule has 5 N–H and O–H groups in total. The van der Waals surface area contributed by atoms with Crippen molar-refractivity contribution in [2.45, 2.75) is 19.9 Å². The number of anilines is 1. The Hall–Kier alpha value is -2.05. The number of nitrogens with zero attached hydrogens (tertiary/aromatic N) is 1. The van der Waals surface area contributed by atoms with Crippen LogP contribution in [0.2, 0.25) is 0 Å². The van der Waals surface area contributed by atoms with Crippen LogP contribution < -0.4 is 16.4 Å². The molecule has 1 unspecified atom stereocenters. The predicted molar refractivity (Wildman–Crippen MR) is 58.6 cm³/mol. The maximum Gasteiger partial charge on any atom is 0.312 e. The van der Waals surface area contributed by atoms with Crippen LogP contribution in [0.15, 0.2) is 12.3 Å². The molecule has 3 amide bonds. The average molecular weight is 225 g/mol. The third-order valence-corrected chi connectivity index (χ3v) is 2.01. The van der Waals surface area contributed by atoms with Gasteiger partial charge in [-0.15, -0.1) is 0 Å². The van der Waals surface area contributed by atoms with Crippen molar-refractivity contribution in [1.82, 2.24) is 15.5 Å². The molecular formula is C9H15N5O2. The number of aromatic nitrogens is 2. The first kappa shape index (κ1) is 12.0. The molecule has 16 heavy (non-hydrogen) atoms. The number of nitrogens with two attached hydrogens (primary N) is 1. The molecule has 7 heteroatoms. The lowest BCUT2D eigenvalue weighted by atomic mass is 10.0. The summed E-state index contributed by atoms with van der Waals surface area (Å²) in [6.07, 6.45) is 1.52. The molecule has 0 aromatic carbocycles. The number of aromatic amines is 1. The number of carbonyl (C=O) groups excluding carboxylic acids is 2. The van der Waals surface area contributed by atoms with Crippen molar-refractivity contribution in [2.24, 2.45) is 11.7 Å². The zero-order valence-electron chi connectivity index (χ0n) is 9.15. The monoisotopic (exact) mass is 225 g/mol. The first-order chi connectivity index (χ1) is 7.50. The van der Waals surface area contributed by atoms with Gasteiger partial charge in [0.2, 0.25) is 5.91 Å². The summed E-state index contributed by atoms with van der Waals surface area (Å²) in [7, 11) is 0. The van der Waals surface area contributed by atoms with Crippen molar-refractivity contribution >= 4 is 17.8 Å². The maximum absolute atomic E-state index is 11.8. The predicted octanol–water partition coefficient (Wildman–Crippen LogP) is 0.0411. The van der Waals surface area contributed by atoms with E-state index in [1.807, 2.05) is 13.8 Å². The molecule has 0 bridgehead atoms. The number of hydrogen-bond donors (Lipinski definition) is 4. The molecule has 1 heterocycles. The minimum Gasteiger partial charge on any atom is -0.352 e. The summed E-state index contributed by atoms with van der Waals surface area (Å²) in [6.45, 7) is 3.63. The Morgan fingerprint density at radius 2 is 2.19 bits per heavy atom. The maximum atomic E-state index is 11.8. The smallest absolute Gasteiger partial charge is 0.312 e. The van der Waals surface area contributed by atoms with Crippen molar-refractivity contribution in [3.05, 3.63) is 12.3 Å². The molecule has 0 radical (unpaired) electrons. The van der Waals surface area contributed by atoms with Gasteiger partial charge in [0.1, 0.15) is 11.9 Å². The minimum absolute atomic E-state index is 0.0598. The first-order valence-corrected chi connectivity index (χ1v) is 4.87. The standard InChI is InChI=1S/C9H15N5O2/c1-5(2)7(13-9(10)16)8(15)12-6-3-4-11-14-6/h3-5,7H,1-2H3,(H3,10,13,16)(H2,11,12,14,15). The molecule has 0 fully saturated rings. The van der Waals surface area contributed by atoms with Gasteiger partial charge >= 0.3 is 6.03 Å². The lowest BCUT2D eigenvalue weighted by molar-refractivity contribution is -0.118. The van der Waals surface area contributed by atoms with Gasteiger partial charge in [-0.1, -0.05) is 13.8 Å². The van der Waals surface area contributed by atoms with E-state index in [0.29, 0.717) is 5.82 Å². The normalized spacial score (nSPS) is 12.2. The molecule has 0 saturated carbocycles. The summed E-state index contributed by atoms with van der Waals surface area (Å²) in [5.41, 5.74) is 4.99. The molecule has 88 valence electrons. The molecule has 7 nitrogen and oxygen atoms in total. The van der Waals surface area contributed by atoms with Gasteiger partial charge in [0.25, 0.3) is 0 Å². The summed E-state index contributed by atoms with van der Waals surface area (Å²) in [5, 5.41) is 11.2. The molecule has 0 saturated heterocycles. The zero-order chi connectivity index (χ0) is 12.1. The number of amides is 3. The summed E-state index contributed by atoms with van der Waals surface area (Å²) in [6, 6.07) is 0.221. The average Bonchev–Trinajstić information content (AvgIpc) is 2.65. The van der Waals surface area contributed by atoms with E-state index in [0.717, 1.165) is 0 Å². The molecule has 1 atom stereocenters. The number of hydrogen-bond acceptors (Lipinski definition) is 3. The second-order valence-electron chi connectivity index (χ2n) is 3.69. The number of primary amides is 1. The van der Waals surface area contributed by atoms with E-state index in [2.05, 4.69) is 20.8 Å². The van der Waals surface area contributed by atoms with Gasteiger partial charge in [0, 0.05) is 6.07 Å². The third-order valence-electron chi connectivity index (χ3n) is 2.01. The van der Waals surface area contributed by atoms with Gasteiger partial charge in [-0.05, 0) is 5.92 Å². The largest absolute Gasteiger partial charge is 0.352 e. The summed E-state index contributed by atoms with van der Waals surface area (Å²) in [4.78, 5) is 22.5. The molecule has 1 aromatic rings. The van der Waals surface area contributed by atoms with Crippen molar-refractivity contribution in [2.75, 3.05) is 5.32 Å². The fourth-order valence-corrected chi connectivity index (χ4v) is 1.22. The van der Waals surface area contributed by atoms with Crippen molar-refractivity contribution in [3.8, 4) is 0 Å². The van der Waals surface area contributed by atoms with E-state index < -0.39 is 12.1 Å². The molecule has 1 rings (SSSR count). The Morgan fingerprint density at radius 1 is 1.50 bits per heavy atom. The summed E-state index contributed by atoms with van der Waals surface area (Å²) < 4.78 is 0. The number of nitrogens with one attached hydrogen (secondary N) is 3. The van der Waals surface area contributed by atoms with Gasteiger partial charge in [-0.3, -0.25) is 9.89 Å². The van der Waals surface area contributed by atoms with E-state index in [1.165, 1.54) is 6.20 Å².